The predicted molar refractivity (Wildman–Crippen MR) is 74.7 cm³/mol. The molecular weight excluding hydrogens is 289 g/mol. The zero-order valence-corrected chi connectivity index (χ0v) is 11.8. The molecule has 1 aliphatic rings. The number of halogens is 2. The van der Waals surface area contributed by atoms with Gasteiger partial charge in [-0.15, -0.1) is 0 Å². The maximum Gasteiger partial charge on any atom is 0.253 e. The molecule has 0 radical (unpaired) electrons. The van der Waals surface area contributed by atoms with Gasteiger partial charge in [0.2, 0.25) is 0 Å². The zero-order valence-electron chi connectivity index (χ0n) is 10.2. The van der Waals surface area contributed by atoms with Gasteiger partial charge in [0.1, 0.15) is 6.04 Å². The van der Waals surface area contributed by atoms with E-state index in [9.17, 15) is 4.79 Å². The van der Waals surface area contributed by atoms with Gasteiger partial charge in [-0.25, -0.2) is 0 Å². The van der Waals surface area contributed by atoms with Crippen LogP contribution in [0.15, 0.2) is 23.2 Å². The number of rotatable bonds is 4. The van der Waals surface area contributed by atoms with Crippen LogP contribution in [0.2, 0.25) is 10.0 Å². The van der Waals surface area contributed by atoms with Crippen molar-refractivity contribution in [1.82, 2.24) is 10.6 Å². The van der Waals surface area contributed by atoms with Gasteiger partial charge in [0.25, 0.3) is 5.91 Å². The van der Waals surface area contributed by atoms with E-state index in [1.807, 2.05) is 0 Å². The van der Waals surface area contributed by atoms with Crippen molar-refractivity contribution in [3.05, 3.63) is 33.8 Å². The minimum Gasteiger partial charge on any atom is -0.383 e. The SMILES string of the molecule is COCCN=C1NC(=O)C(c2cc(Cl)ccc2Cl)N1. The molecule has 1 aliphatic heterocycles. The minimum atomic E-state index is -0.576. The molecule has 102 valence electrons. The summed E-state index contributed by atoms with van der Waals surface area (Å²) in [6, 6.07) is 4.42. The monoisotopic (exact) mass is 301 g/mol. The lowest BCUT2D eigenvalue weighted by atomic mass is 10.1. The third-order valence-electron chi connectivity index (χ3n) is 2.62. The molecule has 1 aromatic rings. The van der Waals surface area contributed by atoms with Crippen LogP contribution in [0.5, 0.6) is 0 Å². The Labute approximate surface area is 120 Å². The fourth-order valence-corrected chi connectivity index (χ4v) is 2.12. The highest BCUT2D eigenvalue weighted by atomic mass is 35.5. The second-order valence-electron chi connectivity index (χ2n) is 3.96. The van der Waals surface area contributed by atoms with E-state index in [1.54, 1.807) is 25.3 Å². The first-order valence-corrected chi connectivity index (χ1v) is 6.43. The van der Waals surface area contributed by atoms with Crippen molar-refractivity contribution in [3.63, 3.8) is 0 Å². The standard InChI is InChI=1S/C12H13Cl2N3O2/c1-19-5-4-15-12-16-10(11(18)17-12)8-6-7(13)2-3-9(8)14/h2-3,6,10H,4-5H2,1H3,(H2,15,16,17,18). The van der Waals surface area contributed by atoms with Crippen LogP contribution in [-0.4, -0.2) is 32.1 Å². The van der Waals surface area contributed by atoms with Gasteiger partial charge in [0, 0.05) is 22.7 Å². The van der Waals surface area contributed by atoms with E-state index in [0.717, 1.165) is 0 Å². The Kier molecular flexibility index (Phi) is 4.63. The number of carbonyl (C=O) groups excluding carboxylic acids is 1. The van der Waals surface area contributed by atoms with Crippen molar-refractivity contribution < 1.29 is 9.53 Å². The van der Waals surface area contributed by atoms with E-state index in [4.69, 9.17) is 27.9 Å². The van der Waals surface area contributed by atoms with Crippen LogP contribution in [0, 0.1) is 0 Å². The van der Waals surface area contributed by atoms with Crippen molar-refractivity contribution in [3.8, 4) is 0 Å². The summed E-state index contributed by atoms with van der Waals surface area (Å²) in [6.45, 7) is 0.957. The average molecular weight is 302 g/mol. The molecule has 2 N–H and O–H groups in total. The number of methoxy groups -OCH3 is 1. The molecule has 1 atom stereocenters. The van der Waals surface area contributed by atoms with Crippen LogP contribution in [0.1, 0.15) is 11.6 Å². The summed E-state index contributed by atoms with van der Waals surface area (Å²) in [5, 5.41) is 6.63. The number of benzene rings is 1. The number of carbonyl (C=O) groups is 1. The van der Waals surface area contributed by atoms with Crippen molar-refractivity contribution in [2.75, 3.05) is 20.3 Å². The summed E-state index contributed by atoms with van der Waals surface area (Å²) in [6.07, 6.45) is 0. The maximum absolute atomic E-state index is 11.9. The van der Waals surface area contributed by atoms with E-state index >= 15 is 0 Å². The Morgan fingerprint density at radius 2 is 2.21 bits per heavy atom. The minimum absolute atomic E-state index is 0.208. The summed E-state index contributed by atoms with van der Waals surface area (Å²) in [7, 11) is 1.59. The highest BCUT2D eigenvalue weighted by Crippen LogP contribution is 2.27. The normalized spacial score (nSPS) is 20.5. The number of amides is 1. The summed E-state index contributed by atoms with van der Waals surface area (Å²) in [5.74, 6) is 0.212. The highest BCUT2D eigenvalue weighted by Gasteiger charge is 2.31. The summed E-state index contributed by atoms with van der Waals surface area (Å²) in [5.41, 5.74) is 0.628. The largest absolute Gasteiger partial charge is 0.383 e. The molecule has 1 aromatic carbocycles. The molecule has 0 bridgehead atoms. The zero-order chi connectivity index (χ0) is 13.8. The van der Waals surface area contributed by atoms with Crippen molar-refractivity contribution >= 4 is 35.1 Å². The second-order valence-corrected chi connectivity index (χ2v) is 4.80. The van der Waals surface area contributed by atoms with Gasteiger partial charge in [-0.3, -0.25) is 15.1 Å². The third kappa shape index (κ3) is 3.37. The van der Waals surface area contributed by atoms with Crippen molar-refractivity contribution in [2.45, 2.75) is 6.04 Å². The number of guanidine groups is 1. The maximum atomic E-state index is 11.9. The van der Waals surface area contributed by atoms with Crippen molar-refractivity contribution in [1.29, 1.82) is 0 Å². The Balaban J connectivity index is 2.16. The van der Waals surface area contributed by atoms with Crippen LogP contribution in [-0.2, 0) is 9.53 Å². The van der Waals surface area contributed by atoms with Crippen LogP contribution in [0.25, 0.3) is 0 Å². The molecule has 2 rings (SSSR count). The van der Waals surface area contributed by atoms with Gasteiger partial charge < -0.3 is 10.1 Å². The molecule has 1 unspecified atom stereocenters. The van der Waals surface area contributed by atoms with Gasteiger partial charge in [0.15, 0.2) is 5.96 Å². The first-order chi connectivity index (χ1) is 9.11. The van der Waals surface area contributed by atoms with E-state index in [1.165, 1.54) is 0 Å². The van der Waals surface area contributed by atoms with Gasteiger partial charge in [-0.1, -0.05) is 23.2 Å². The molecule has 0 aromatic heterocycles. The lowest BCUT2D eigenvalue weighted by Crippen LogP contribution is -2.26. The number of aliphatic imine (C=N–C) groups is 1. The summed E-state index contributed by atoms with van der Waals surface area (Å²) in [4.78, 5) is 16.1. The van der Waals surface area contributed by atoms with Crippen LogP contribution < -0.4 is 10.6 Å². The predicted octanol–water partition coefficient (Wildman–Crippen LogP) is 1.76. The molecule has 0 aliphatic carbocycles. The Bertz CT molecular complexity index is 520. The lowest BCUT2D eigenvalue weighted by Gasteiger charge is -2.10. The number of nitrogens with zero attached hydrogens (tertiary/aromatic N) is 1. The van der Waals surface area contributed by atoms with Crippen LogP contribution >= 0.6 is 23.2 Å². The van der Waals surface area contributed by atoms with E-state index in [2.05, 4.69) is 15.6 Å². The highest BCUT2D eigenvalue weighted by molar-refractivity contribution is 6.34. The van der Waals surface area contributed by atoms with Crippen molar-refractivity contribution in [2.24, 2.45) is 4.99 Å². The molecule has 1 heterocycles. The fourth-order valence-electron chi connectivity index (χ4n) is 1.72. The van der Waals surface area contributed by atoms with Gasteiger partial charge in [0.05, 0.1) is 13.2 Å². The number of nitrogens with one attached hydrogen (secondary N) is 2. The number of ether oxygens (including phenoxy) is 1. The Morgan fingerprint density at radius 3 is 2.95 bits per heavy atom. The smallest absolute Gasteiger partial charge is 0.253 e. The first-order valence-electron chi connectivity index (χ1n) is 5.67. The van der Waals surface area contributed by atoms with Gasteiger partial charge >= 0.3 is 0 Å². The average Bonchev–Trinajstić information content (AvgIpc) is 2.74. The van der Waals surface area contributed by atoms with Crippen LogP contribution in [0.4, 0.5) is 0 Å². The number of hydrogen-bond donors (Lipinski definition) is 2. The van der Waals surface area contributed by atoms with Gasteiger partial charge in [-0.2, -0.15) is 0 Å². The van der Waals surface area contributed by atoms with Gasteiger partial charge in [-0.05, 0) is 18.2 Å². The second kappa shape index (κ2) is 6.23. The quantitative estimate of drug-likeness (QED) is 0.833. The molecule has 7 heteroatoms. The molecule has 0 saturated carbocycles. The first kappa shape index (κ1) is 14.1. The molecule has 1 saturated heterocycles. The number of hydrogen-bond acceptors (Lipinski definition) is 3. The molecule has 5 nitrogen and oxygen atoms in total. The lowest BCUT2D eigenvalue weighted by molar-refractivity contribution is -0.120. The molecule has 19 heavy (non-hydrogen) atoms. The van der Waals surface area contributed by atoms with E-state index in [0.29, 0.717) is 34.7 Å². The third-order valence-corrected chi connectivity index (χ3v) is 3.20. The van der Waals surface area contributed by atoms with Crippen LogP contribution in [0.3, 0.4) is 0 Å². The summed E-state index contributed by atoms with van der Waals surface area (Å²) < 4.78 is 4.89. The molecular formula is C12H13Cl2N3O2. The van der Waals surface area contributed by atoms with E-state index < -0.39 is 6.04 Å². The molecule has 1 fully saturated rings. The fraction of sp³-hybridized carbons (Fsp3) is 0.333. The molecule has 0 spiro atoms. The Hall–Kier alpha value is -1.30. The van der Waals surface area contributed by atoms with E-state index in [-0.39, 0.29) is 5.91 Å². The Morgan fingerprint density at radius 1 is 1.42 bits per heavy atom. The summed E-state index contributed by atoms with van der Waals surface area (Å²) >= 11 is 12.0. The topological polar surface area (TPSA) is 62.7 Å². The molecule has 1 amide bonds.